The molecule has 1 aromatic heterocycles. The molecule has 10 heteroatoms. The highest BCUT2D eigenvalue weighted by Crippen LogP contribution is 2.34. The van der Waals surface area contributed by atoms with Crippen molar-refractivity contribution >= 4 is 34.2 Å². The summed E-state index contributed by atoms with van der Waals surface area (Å²) >= 11 is 1.27. The van der Waals surface area contributed by atoms with Crippen LogP contribution in [0.25, 0.3) is 0 Å². The molecule has 1 fully saturated rings. The van der Waals surface area contributed by atoms with Gasteiger partial charge in [0.15, 0.2) is 5.72 Å². The first kappa shape index (κ1) is 19.3. The van der Waals surface area contributed by atoms with Crippen molar-refractivity contribution in [2.45, 2.75) is 44.9 Å². The number of carbonyl (C=O) groups excluding carboxylic acids is 3. The number of para-hydroxylation sites is 1. The Morgan fingerprint density at radius 3 is 2.86 bits per heavy atom. The Kier molecular flexibility index (Phi) is 4.95. The zero-order valence-electron chi connectivity index (χ0n) is 16.1. The largest absolute Gasteiger partial charge is 0.467 e. The summed E-state index contributed by atoms with van der Waals surface area (Å²) in [5, 5.41) is 14.5. The van der Waals surface area contributed by atoms with Crippen molar-refractivity contribution in [1.82, 2.24) is 20.4 Å². The summed E-state index contributed by atoms with van der Waals surface area (Å²) in [6.07, 6.45) is 0.888. The maximum absolute atomic E-state index is 12.7. The quantitative estimate of drug-likeness (QED) is 0.789. The Bertz CT molecular complexity index is 977. The van der Waals surface area contributed by atoms with E-state index in [0.717, 1.165) is 5.01 Å². The van der Waals surface area contributed by atoms with Crippen molar-refractivity contribution in [1.29, 1.82) is 0 Å². The summed E-state index contributed by atoms with van der Waals surface area (Å²) in [7, 11) is 0. The van der Waals surface area contributed by atoms with Gasteiger partial charge in [0.1, 0.15) is 16.8 Å². The molecule has 9 nitrogen and oxygen atoms in total. The predicted octanol–water partition coefficient (Wildman–Crippen LogP) is 1.70. The van der Waals surface area contributed by atoms with E-state index in [9.17, 15) is 14.4 Å². The number of fused-ring (bicyclic) bond motifs is 1. The van der Waals surface area contributed by atoms with Gasteiger partial charge in [-0.15, -0.1) is 10.2 Å². The second kappa shape index (κ2) is 7.43. The van der Waals surface area contributed by atoms with Gasteiger partial charge in [0, 0.05) is 25.8 Å². The standard InChI is InChI=1S/C19H21N5O4S/c1-11(16(26)20-18-23-22-12(2)29-18)24-10-9-19(8-7-15(24)25)21-17(27)13-5-3-4-6-14(13)28-19/h3-6,11H,7-10H2,1-2H3,(H,21,27)(H,20,23,26)/t11-,19+/m0/s1. The van der Waals surface area contributed by atoms with E-state index in [1.165, 1.54) is 16.2 Å². The molecule has 3 amide bonds. The molecule has 2 aliphatic rings. The van der Waals surface area contributed by atoms with E-state index in [1.54, 1.807) is 38.1 Å². The molecular weight excluding hydrogens is 394 g/mol. The first-order chi connectivity index (χ1) is 13.9. The number of hydrogen-bond donors (Lipinski definition) is 2. The number of ether oxygens (including phenoxy) is 1. The highest BCUT2D eigenvalue weighted by molar-refractivity contribution is 7.15. The monoisotopic (exact) mass is 415 g/mol. The molecule has 0 unspecified atom stereocenters. The summed E-state index contributed by atoms with van der Waals surface area (Å²) < 4.78 is 6.12. The van der Waals surface area contributed by atoms with Crippen LogP contribution in [0.1, 0.15) is 41.6 Å². The number of aryl methyl sites for hydroxylation is 1. The van der Waals surface area contributed by atoms with Gasteiger partial charge in [-0.05, 0) is 26.0 Å². The molecule has 0 aliphatic carbocycles. The summed E-state index contributed by atoms with van der Waals surface area (Å²) in [5.74, 6) is -0.196. The van der Waals surface area contributed by atoms with E-state index in [2.05, 4.69) is 20.8 Å². The van der Waals surface area contributed by atoms with Gasteiger partial charge in [-0.3, -0.25) is 19.7 Å². The van der Waals surface area contributed by atoms with Gasteiger partial charge in [-0.2, -0.15) is 0 Å². The van der Waals surface area contributed by atoms with Crippen molar-refractivity contribution < 1.29 is 19.1 Å². The van der Waals surface area contributed by atoms with E-state index in [0.29, 0.717) is 29.3 Å². The van der Waals surface area contributed by atoms with Crippen LogP contribution in [0.4, 0.5) is 5.13 Å². The molecule has 29 heavy (non-hydrogen) atoms. The van der Waals surface area contributed by atoms with Crippen LogP contribution in [0.2, 0.25) is 0 Å². The lowest BCUT2D eigenvalue weighted by atomic mass is 10.0. The third-order valence-corrected chi connectivity index (χ3v) is 5.96. The van der Waals surface area contributed by atoms with E-state index in [-0.39, 0.29) is 30.7 Å². The Morgan fingerprint density at radius 2 is 2.10 bits per heavy atom. The normalized spacial score (nSPS) is 22.3. The number of benzene rings is 1. The highest BCUT2D eigenvalue weighted by atomic mass is 32.1. The average molecular weight is 415 g/mol. The molecule has 2 atom stereocenters. The summed E-state index contributed by atoms with van der Waals surface area (Å²) in [4.78, 5) is 39.4. The van der Waals surface area contributed by atoms with Gasteiger partial charge in [-0.25, -0.2) is 0 Å². The van der Waals surface area contributed by atoms with Crippen LogP contribution in [0.5, 0.6) is 5.75 Å². The molecule has 1 saturated heterocycles. The fourth-order valence-electron chi connectivity index (χ4n) is 3.59. The van der Waals surface area contributed by atoms with Crippen LogP contribution >= 0.6 is 11.3 Å². The Hall–Kier alpha value is -3.01. The lowest BCUT2D eigenvalue weighted by Crippen LogP contribution is -2.56. The van der Waals surface area contributed by atoms with Crippen LogP contribution < -0.4 is 15.4 Å². The molecule has 2 aliphatic heterocycles. The lowest BCUT2D eigenvalue weighted by molar-refractivity contribution is -0.137. The molecule has 152 valence electrons. The number of likely N-dealkylation sites (tertiary alicyclic amines) is 1. The topological polar surface area (TPSA) is 114 Å². The minimum Gasteiger partial charge on any atom is -0.467 e. The van der Waals surface area contributed by atoms with E-state index in [1.807, 2.05) is 0 Å². The Balaban J connectivity index is 1.48. The number of nitrogens with zero attached hydrogens (tertiary/aromatic N) is 3. The van der Waals surface area contributed by atoms with Crippen molar-refractivity contribution in [3.05, 3.63) is 34.8 Å². The van der Waals surface area contributed by atoms with Crippen LogP contribution in [-0.2, 0) is 9.59 Å². The van der Waals surface area contributed by atoms with Gasteiger partial charge in [-0.1, -0.05) is 23.5 Å². The van der Waals surface area contributed by atoms with Gasteiger partial charge in [0.2, 0.25) is 16.9 Å². The SMILES string of the molecule is Cc1nnc(NC(=O)[C@H](C)N2CC[C@]3(CCC2=O)NC(=O)c2ccccc2O3)s1. The first-order valence-electron chi connectivity index (χ1n) is 9.38. The highest BCUT2D eigenvalue weighted by Gasteiger charge is 2.43. The lowest BCUT2D eigenvalue weighted by Gasteiger charge is -2.38. The number of rotatable bonds is 3. The molecule has 1 aromatic carbocycles. The molecule has 2 N–H and O–H groups in total. The molecule has 0 radical (unpaired) electrons. The number of aromatic nitrogens is 2. The second-order valence-corrected chi connectivity index (χ2v) is 8.36. The second-order valence-electron chi connectivity index (χ2n) is 7.18. The molecule has 1 spiro atoms. The van der Waals surface area contributed by atoms with Crippen molar-refractivity contribution in [2.75, 3.05) is 11.9 Å². The average Bonchev–Trinajstić information content (AvgIpc) is 3.04. The van der Waals surface area contributed by atoms with Gasteiger partial charge < -0.3 is 15.0 Å². The first-order valence-corrected chi connectivity index (χ1v) is 10.2. The van der Waals surface area contributed by atoms with E-state index >= 15 is 0 Å². The Labute approximate surface area is 171 Å². The van der Waals surface area contributed by atoms with Crippen LogP contribution in [0.15, 0.2) is 24.3 Å². The summed E-state index contributed by atoms with van der Waals surface area (Å²) in [6.45, 7) is 3.75. The molecule has 0 saturated carbocycles. The number of nitrogens with one attached hydrogen (secondary N) is 2. The zero-order valence-corrected chi connectivity index (χ0v) is 16.9. The zero-order chi connectivity index (χ0) is 20.6. The molecular formula is C19H21N5O4S. The molecule has 4 rings (SSSR count). The fourth-order valence-corrected chi connectivity index (χ4v) is 4.19. The van der Waals surface area contributed by atoms with Crippen molar-refractivity contribution in [3.63, 3.8) is 0 Å². The van der Waals surface area contributed by atoms with E-state index < -0.39 is 11.8 Å². The third-order valence-electron chi connectivity index (χ3n) is 5.20. The minimum absolute atomic E-state index is 0.158. The van der Waals surface area contributed by atoms with E-state index in [4.69, 9.17) is 4.74 Å². The minimum atomic E-state index is -0.956. The molecule has 2 aromatic rings. The fraction of sp³-hybridized carbons (Fsp3) is 0.421. The maximum atomic E-state index is 12.7. The van der Waals surface area contributed by atoms with Crippen molar-refractivity contribution in [3.8, 4) is 5.75 Å². The third kappa shape index (κ3) is 3.80. The Morgan fingerprint density at radius 1 is 1.31 bits per heavy atom. The molecule has 0 bridgehead atoms. The number of anilines is 1. The van der Waals surface area contributed by atoms with Crippen molar-refractivity contribution in [2.24, 2.45) is 0 Å². The van der Waals surface area contributed by atoms with Crippen LogP contribution in [0, 0.1) is 6.92 Å². The predicted molar refractivity (Wildman–Crippen MR) is 106 cm³/mol. The van der Waals surface area contributed by atoms with Gasteiger partial charge in [0.25, 0.3) is 5.91 Å². The maximum Gasteiger partial charge on any atom is 0.258 e. The number of hydrogen-bond acceptors (Lipinski definition) is 7. The molecule has 3 heterocycles. The number of carbonyl (C=O) groups is 3. The smallest absolute Gasteiger partial charge is 0.258 e. The van der Waals surface area contributed by atoms with Gasteiger partial charge in [0.05, 0.1) is 5.56 Å². The van der Waals surface area contributed by atoms with Crippen LogP contribution in [-0.4, -0.2) is 51.1 Å². The van der Waals surface area contributed by atoms with Crippen LogP contribution in [0.3, 0.4) is 0 Å². The summed E-state index contributed by atoms with van der Waals surface area (Å²) in [6, 6.07) is 6.35. The summed E-state index contributed by atoms with van der Waals surface area (Å²) in [5.41, 5.74) is -0.479. The van der Waals surface area contributed by atoms with Gasteiger partial charge >= 0.3 is 0 Å². The number of amides is 3.